The minimum Gasteiger partial charge on any atom is -0.375 e. The highest BCUT2D eigenvalue weighted by atomic mass is 32.2. The molecule has 0 aliphatic rings. The quantitative estimate of drug-likeness (QED) is 0.677. The molecule has 0 aliphatic heterocycles. The summed E-state index contributed by atoms with van der Waals surface area (Å²) in [5.41, 5.74) is 5.28. The van der Waals surface area contributed by atoms with E-state index in [2.05, 4.69) is 15.6 Å². The lowest BCUT2D eigenvalue weighted by Gasteiger charge is -1.97. The van der Waals surface area contributed by atoms with Gasteiger partial charge in [0.2, 0.25) is 0 Å². The number of nitrogens with two attached hydrogens (primary N) is 1. The monoisotopic (exact) mass is 217 g/mol. The highest BCUT2D eigenvalue weighted by Crippen LogP contribution is 2.19. The Morgan fingerprint density at radius 1 is 1.77 bits per heavy atom. The lowest BCUT2D eigenvalue weighted by molar-refractivity contribution is 0.588. The van der Waals surface area contributed by atoms with Crippen molar-refractivity contribution in [3.63, 3.8) is 0 Å². The summed E-state index contributed by atoms with van der Waals surface area (Å²) in [7, 11) is -3.52. The normalized spacial score (nSPS) is 11.0. The average molecular weight is 217 g/mol. The van der Waals surface area contributed by atoms with Crippen LogP contribution < -0.4 is 10.5 Å². The van der Waals surface area contributed by atoms with Gasteiger partial charge in [0.25, 0.3) is 10.0 Å². The van der Waals surface area contributed by atoms with E-state index in [1.807, 2.05) is 0 Å². The fourth-order valence-corrected chi connectivity index (χ4v) is 2.50. The van der Waals surface area contributed by atoms with Crippen molar-refractivity contribution in [2.75, 3.05) is 12.3 Å². The topological polar surface area (TPSA) is 85.1 Å². The minimum atomic E-state index is -3.52. The fraction of sp³-hybridized carbons (Fsp3) is 0.167. The molecule has 1 aromatic heterocycles. The number of nitrogen functional groups attached to an aromatic ring is 1. The Labute approximate surface area is 80.0 Å². The van der Waals surface area contributed by atoms with Crippen molar-refractivity contribution >= 4 is 26.5 Å². The molecule has 0 spiro atoms. The van der Waals surface area contributed by atoms with Crippen molar-refractivity contribution in [2.24, 2.45) is 0 Å². The third-order valence-corrected chi connectivity index (χ3v) is 3.82. The summed E-state index contributed by atoms with van der Waals surface area (Å²) in [5.74, 6) is 2.16. The molecule has 0 unspecified atom stereocenters. The Balaban J connectivity index is 2.89. The molecule has 0 aliphatic carbocycles. The number of thiazole rings is 1. The van der Waals surface area contributed by atoms with Crippen LogP contribution in [0.3, 0.4) is 0 Å². The summed E-state index contributed by atoms with van der Waals surface area (Å²) in [6, 6.07) is 0. The molecule has 70 valence electrons. The van der Waals surface area contributed by atoms with Crippen LogP contribution >= 0.6 is 11.3 Å². The molecule has 1 rings (SSSR count). The van der Waals surface area contributed by atoms with Gasteiger partial charge >= 0.3 is 0 Å². The lowest BCUT2D eigenvalue weighted by Crippen LogP contribution is -2.22. The second kappa shape index (κ2) is 3.74. The van der Waals surface area contributed by atoms with Gasteiger partial charge in [0.05, 0.1) is 12.7 Å². The summed E-state index contributed by atoms with van der Waals surface area (Å²) >= 11 is 0.893. The van der Waals surface area contributed by atoms with E-state index in [-0.39, 0.29) is 15.9 Å². The van der Waals surface area contributed by atoms with Gasteiger partial charge in [-0.3, -0.25) is 0 Å². The Bertz CT molecular complexity index is 429. The molecule has 0 saturated heterocycles. The molecule has 13 heavy (non-hydrogen) atoms. The number of nitrogens with one attached hydrogen (secondary N) is 1. The van der Waals surface area contributed by atoms with Crippen molar-refractivity contribution in [2.45, 2.75) is 4.21 Å². The van der Waals surface area contributed by atoms with Gasteiger partial charge in [-0.05, 0) is 0 Å². The van der Waals surface area contributed by atoms with Gasteiger partial charge in [-0.25, -0.2) is 13.4 Å². The molecule has 0 bridgehead atoms. The molecular weight excluding hydrogens is 210 g/mol. The standard InChI is InChI=1S/C6H7N3O2S2/c1-2-3-9-13(10,11)5-4-8-6(7)12-5/h1,4,9H,3H2,(H2,7,8). The molecular formula is C6H7N3O2S2. The molecule has 0 amide bonds. The summed E-state index contributed by atoms with van der Waals surface area (Å²) in [4.78, 5) is 3.62. The first-order valence-corrected chi connectivity index (χ1v) is 5.50. The van der Waals surface area contributed by atoms with E-state index in [9.17, 15) is 8.42 Å². The zero-order valence-corrected chi connectivity index (χ0v) is 8.15. The molecule has 0 radical (unpaired) electrons. The number of terminal acetylenes is 1. The lowest BCUT2D eigenvalue weighted by atomic mass is 10.7. The largest absolute Gasteiger partial charge is 0.375 e. The minimum absolute atomic E-state index is 0.0415. The first kappa shape index (κ1) is 9.98. The molecule has 0 atom stereocenters. The van der Waals surface area contributed by atoms with E-state index in [0.29, 0.717) is 0 Å². The Kier molecular flexibility index (Phi) is 2.87. The van der Waals surface area contributed by atoms with E-state index in [1.54, 1.807) is 0 Å². The molecule has 3 N–H and O–H groups in total. The van der Waals surface area contributed by atoms with Crippen molar-refractivity contribution in [1.82, 2.24) is 9.71 Å². The Morgan fingerprint density at radius 2 is 2.46 bits per heavy atom. The van der Waals surface area contributed by atoms with Gasteiger partial charge in [0, 0.05) is 0 Å². The number of rotatable bonds is 3. The van der Waals surface area contributed by atoms with Crippen LogP contribution in [-0.4, -0.2) is 19.9 Å². The maximum atomic E-state index is 11.3. The van der Waals surface area contributed by atoms with Crippen LogP contribution in [0.2, 0.25) is 0 Å². The second-order valence-electron chi connectivity index (χ2n) is 2.05. The summed E-state index contributed by atoms with van der Waals surface area (Å²) in [6.45, 7) is -0.0415. The van der Waals surface area contributed by atoms with Crippen molar-refractivity contribution < 1.29 is 8.42 Å². The Hall–Kier alpha value is -1.10. The predicted octanol–water partition coefficient (Wildman–Crippen LogP) is -0.363. The maximum absolute atomic E-state index is 11.3. The molecule has 0 saturated carbocycles. The molecule has 1 aromatic rings. The van der Waals surface area contributed by atoms with E-state index < -0.39 is 10.0 Å². The highest BCUT2D eigenvalue weighted by molar-refractivity contribution is 7.91. The number of anilines is 1. The van der Waals surface area contributed by atoms with Gasteiger partial charge in [-0.1, -0.05) is 17.3 Å². The Morgan fingerprint density at radius 3 is 2.92 bits per heavy atom. The van der Waals surface area contributed by atoms with Gasteiger partial charge in [-0.15, -0.1) is 6.42 Å². The van der Waals surface area contributed by atoms with E-state index >= 15 is 0 Å². The van der Waals surface area contributed by atoms with Crippen LogP contribution in [0.15, 0.2) is 10.4 Å². The summed E-state index contributed by atoms with van der Waals surface area (Å²) < 4.78 is 24.9. The van der Waals surface area contributed by atoms with Gasteiger partial charge in [0.1, 0.15) is 0 Å². The number of hydrogen-bond donors (Lipinski definition) is 2. The van der Waals surface area contributed by atoms with Crippen LogP contribution in [0, 0.1) is 12.3 Å². The predicted molar refractivity (Wildman–Crippen MR) is 50.5 cm³/mol. The smallest absolute Gasteiger partial charge is 0.252 e. The van der Waals surface area contributed by atoms with Gasteiger partial charge in [0.15, 0.2) is 9.34 Å². The van der Waals surface area contributed by atoms with Crippen LogP contribution in [0.1, 0.15) is 0 Å². The number of sulfonamides is 1. The van der Waals surface area contributed by atoms with Crippen molar-refractivity contribution in [3.8, 4) is 12.3 Å². The zero-order valence-electron chi connectivity index (χ0n) is 6.52. The molecule has 1 heterocycles. The van der Waals surface area contributed by atoms with E-state index in [1.165, 1.54) is 6.20 Å². The molecule has 5 nitrogen and oxygen atoms in total. The first-order valence-electron chi connectivity index (χ1n) is 3.20. The fourth-order valence-electron chi connectivity index (χ4n) is 0.604. The van der Waals surface area contributed by atoms with Crippen LogP contribution in [0.4, 0.5) is 5.13 Å². The summed E-state index contributed by atoms with van der Waals surface area (Å²) in [6.07, 6.45) is 6.10. The van der Waals surface area contributed by atoms with Crippen LogP contribution in [-0.2, 0) is 10.0 Å². The second-order valence-corrected chi connectivity index (χ2v) is 5.10. The van der Waals surface area contributed by atoms with Crippen molar-refractivity contribution in [3.05, 3.63) is 6.20 Å². The van der Waals surface area contributed by atoms with Crippen LogP contribution in [0.25, 0.3) is 0 Å². The number of hydrogen-bond acceptors (Lipinski definition) is 5. The van der Waals surface area contributed by atoms with Crippen molar-refractivity contribution in [1.29, 1.82) is 0 Å². The number of nitrogens with zero attached hydrogens (tertiary/aromatic N) is 1. The molecule has 0 fully saturated rings. The molecule has 0 aromatic carbocycles. The molecule has 7 heteroatoms. The highest BCUT2D eigenvalue weighted by Gasteiger charge is 2.15. The SMILES string of the molecule is C#CCNS(=O)(=O)c1cnc(N)s1. The van der Waals surface area contributed by atoms with E-state index in [0.717, 1.165) is 11.3 Å². The van der Waals surface area contributed by atoms with Gasteiger partial charge in [-0.2, -0.15) is 4.72 Å². The third-order valence-electron chi connectivity index (χ3n) is 1.13. The van der Waals surface area contributed by atoms with Gasteiger partial charge < -0.3 is 5.73 Å². The van der Waals surface area contributed by atoms with E-state index in [4.69, 9.17) is 12.2 Å². The zero-order chi connectivity index (χ0) is 9.90. The summed E-state index contributed by atoms with van der Waals surface area (Å²) in [5, 5.41) is 0.209. The third kappa shape index (κ3) is 2.42. The maximum Gasteiger partial charge on any atom is 0.252 e. The first-order chi connectivity index (χ1) is 6.06. The average Bonchev–Trinajstić information content (AvgIpc) is 2.49. The van der Waals surface area contributed by atoms with Crippen LogP contribution in [0.5, 0.6) is 0 Å². The number of aromatic nitrogens is 1.